The van der Waals surface area contributed by atoms with E-state index >= 15 is 0 Å². The van der Waals surface area contributed by atoms with Gasteiger partial charge in [-0.25, -0.2) is 4.39 Å². The highest BCUT2D eigenvalue weighted by Crippen LogP contribution is 2.17. The van der Waals surface area contributed by atoms with Crippen LogP contribution in [-0.4, -0.2) is 16.1 Å². The summed E-state index contributed by atoms with van der Waals surface area (Å²) in [4.78, 5) is 11.8. The molecule has 0 aliphatic carbocycles. The molecule has 1 amide bonds. The summed E-state index contributed by atoms with van der Waals surface area (Å²) < 4.78 is 14.0. The monoisotopic (exact) mass is 331 g/mol. The molecule has 1 aromatic carbocycles. The molecule has 16 heavy (non-hydrogen) atoms. The van der Waals surface area contributed by atoms with Crippen molar-refractivity contribution in [2.75, 3.05) is 5.32 Å². The van der Waals surface area contributed by atoms with Crippen molar-refractivity contribution >= 4 is 34.2 Å². The maximum absolute atomic E-state index is 13.4. The van der Waals surface area contributed by atoms with E-state index in [1.54, 1.807) is 12.1 Å². The van der Waals surface area contributed by atoms with E-state index in [4.69, 9.17) is 0 Å². The van der Waals surface area contributed by atoms with E-state index in [1.165, 1.54) is 18.5 Å². The van der Waals surface area contributed by atoms with Gasteiger partial charge in [0.1, 0.15) is 5.82 Å². The number of carbonyl (C=O) groups excluding carboxylic acids is 1. The number of hydrogen-bond acceptors (Lipinski definition) is 2. The Labute approximate surface area is 104 Å². The molecular weight excluding hydrogens is 324 g/mol. The van der Waals surface area contributed by atoms with Crippen molar-refractivity contribution < 1.29 is 9.18 Å². The smallest absolute Gasteiger partial charge is 0.259 e. The molecule has 0 unspecified atom stereocenters. The molecule has 0 spiro atoms. The predicted octanol–water partition coefficient (Wildman–Crippen LogP) is 2.41. The number of halogens is 2. The van der Waals surface area contributed by atoms with Crippen molar-refractivity contribution in [2.45, 2.75) is 0 Å². The normalized spacial score (nSPS) is 10.1. The first-order valence-corrected chi connectivity index (χ1v) is 5.50. The number of amides is 1. The standard InChI is InChI=1S/C10H7FIN3O/c11-7-2-1-3-8(12)9(7)10(16)15-6-4-13-14-5-6/h1-5H,(H,13,14)(H,15,16). The Morgan fingerprint density at radius 1 is 1.50 bits per heavy atom. The molecule has 0 bridgehead atoms. The molecule has 0 saturated heterocycles. The highest BCUT2D eigenvalue weighted by molar-refractivity contribution is 14.1. The second kappa shape index (κ2) is 4.60. The van der Waals surface area contributed by atoms with Crippen molar-refractivity contribution in [3.63, 3.8) is 0 Å². The number of hydrogen-bond donors (Lipinski definition) is 2. The molecule has 0 radical (unpaired) electrons. The number of rotatable bonds is 2. The number of benzene rings is 1. The number of H-pyrrole nitrogens is 1. The molecule has 2 N–H and O–H groups in total. The fraction of sp³-hybridized carbons (Fsp3) is 0. The Morgan fingerprint density at radius 3 is 2.94 bits per heavy atom. The molecule has 0 aliphatic rings. The van der Waals surface area contributed by atoms with Gasteiger partial charge in [-0.1, -0.05) is 6.07 Å². The lowest BCUT2D eigenvalue weighted by molar-refractivity contribution is 0.102. The Balaban J connectivity index is 2.28. The van der Waals surface area contributed by atoms with Crippen LogP contribution in [0.2, 0.25) is 0 Å². The van der Waals surface area contributed by atoms with Gasteiger partial charge < -0.3 is 5.32 Å². The van der Waals surface area contributed by atoms with Crippen LogP contribution in [0, 0.1) is 9.39 Å². The Morgan fingerprint density at radius 2 is 2.31 bits per heavy atom. The van der Waals surface area contributed by atoms with E-state index in [0.717, 1.165) is 0 Å². The highest BCUT2D eigenvalue weighted by Gasteiger charge is 2.15. The van der Waals surface area contributed by atoms with Gasteiger partial charge in [-0.15, -0.1) is 0 Å². The quantitative estimate of drug-likeness (QED) is 0.831. The lowest BCUT2D eigenvalue weighted by Crippen LogP contribution is -2.15. The molecule has 0 aliphatic heterocycles. The third-order valence-electron chi connectivity index (χ3n) is 1.95. The number of nitrogens with zero attached hydrogens (tertiary/aromatic N) is 1. The number of carbonyl (C=O) groups is 1. The molecule has 1 heterocycles. The first-order chi connectivity index (χ1) is 7.68. The number of aromatic amines is 1. The van der Waals surface area contributed by atoms with E-state index < -0.39 is 11.7 Å². The third-order valence-corrected chi connectivity index (χ3v) is 2.84. The van der Waals surface area contributed by atoms with Gasteiger partial charge >= 0.3 is 0 Å². The van der Waals surface area contributed by atoms with Crippen LogP contribution in [0.5, 0.6) is 0 Å². The van der Waals surface area contributed by atoms with Crippen molar-refractivity contribution in [3.8, 4) is 0 Å². The van der Waals surface area contributed by atoms with Gasteiger partial charge in [0.05, 0.1) is 17.4 Å². The topological polar surface area (TPSA) is 57.8 Å². The average molecular weight is 331 g/mol. The first kappa shape index (κ1) is 11.1. The van der Waals surface area contributed by atoms with Crippen LogP contribution in [0.1, 0.15) is 10.4 Å². The summed E-state index contributed by atoms with van der Waals surface area (Å²) in [6, 6.07) is 4.49. The zero-order valence-electron chi connectivity index (χ0n) is 8.00. The van der Waals surface area contributed by atoms with Gasteiger partial charge in [-0.05, 0) is 34.7 Å². The summed E-state index contributed by atoms with van der Waals surface area (Å²) in [5.74, 6) is -1.02. The average Bonchev–Trinajstić information content (AvgIpc) is 2.70. The molecule has 2 rings (SSSR count). The molecular formula is C10H7FIN3O. The summed E-state index contributed by atoms with van der Waals surface area (Å²) in [6.45, 7) is 0. The van der Waals surface area contributed by atoms with Crippen LogP contribution in [-0.2, 0) is 0 Å². The fourth-order valence-corrected chi connectivity index (χ4v) is 1.94. The first-order valence-electron chi connectivity index (χ1n) is 4.42. The van der Waals surface area contributed by atoms with Crippen LogP contribution >= 0.6 is 22.6 Å². The minimum Gasteiger partial charge on any atom is -0.319 e. The number of nitrogens with one attached hydrogen (secondary N) is 2. The molecule has 0 atom stereocenters. The molecule has 1 aromatic heterocycles. The van der Waals surface area contributed by atoms with Crippen molar-refractivity contribution in [3.05, 3.63) is 45.5 Å². The summed E-state index contributed by atoms with van der Waals surface area (Å²) in [5.41, 5.74) is 0.549. The van der Waals surface area contributed by atoms with Gasteiger partial charge in [0.2, 0.25) is 0 Å². The Bertz CT molecular complexity index is 493. The largest absolute Gasteiger partial charge is 0.319 e. The summed E-state index contributed by atoms with van der Waals surface area (Å²) >= 11 is 1.92. The van der Waals surface area contributed by atoms with E-state index in [-0.39, 0.29) is 5.56 Å². The summed E-state index contributed by atoms with van der Waals surface area (Å²) in [5, 5.41) is 8.78. The number of anilines is 1. The second-order valence-corrected chi connectivity index (χ2v) is 4.20. The number of aromatic nitrogens is 2. The van der Waals surface area contributed by atoms with E-state index in [2.05, 4.69) is 15.5 Å². The van der Waals surface area contributed by atoms with Gasteiger partial charge in [0.25, 0.3) is 5.91 Å². The molecule has 0 saturated carbocycles. The van der Waals surface area contributed by atoms with Gasteiger partial charge in [-0.3, -0.25) is 9.89 Å². The third kappa shape index (κ3) is 2.21. The van der Waals surface area contributed by atoms with Crippen LogP contribution in [0.15, 0.2) is 30.6 Å². The summed E-state index contributed by atoms with van der Waals surface area (Å²) in [7, 11) is 0. The maximum atomic E-state index is 13.4. The second-order valence-electron chi connectivity index (χ2n) is 3.04. The molecule has 2 aromatic rings. The molecule has 6 heteroatoms. The van der Waals surface area contributed by atoms with Crippen molar-refractivity contribution in [1.82, 2.24) is 10.2 Å². The predicted molar refractivity (Wildman–Crippen MR) is 65.7 cm³/mol. The fourth-order valence-electron chi connectivity index (χ4n) is 1.23. The van der Waals surface area contributed by atoms with Gasteiger partial charge in [-0.2, -0.15) is 5.10 Å². The minimum absolute atomic E-state index is 0.0456. The molecule has 0 fully saturated rings. The van der Waals surface area contributed by atoms with Crippen molar-refractivity contribution in [2.24, 2.45) is 0 Å². The van der Waals surface area contributed by atoms with E-state index in [9.17, 15) is 9.18 Å². The van der Waals surface area contributed by atoms with Crippen molar-refractivity contribution in [1.29, 1.82) is 0 Å². The maximum Gasteiger partial charge on any atom is 0.259 e. The Kier molecular flexibility index (Phi) is 3.18. The van der Waals surface area contributed by atoms with Crippen LogP contribution in [0.3, 0.4) is 0 Å². The molecule has 82 valence electrons. The lowest BCUT2D eigenvalue weighted by atomic mass is 10.2. The SMILES string of the molecule is O=C(Nc1cn[nH]c1)c1c(F)cccc1I. The van der Waals surface area contributed by atoms with Gasteiger partial charge in [0, 0.05) is 9.77 Å². The highest BCUT2D eigenvalue weighted by atomic mass is 127. The van der Waals surface area contributed by atoms with Crippen LogP contribution in [0.4, 0.5) is 10.1 Å². The minimum atomic E-state index is -0.534. The van der Waals surface area contributed by atoms with Crippen LogP contribution in [0.25, 0.3) is 0 Å². The van der Waals surface area contributed by atoms with Gasteiger partial charge in [0.15, 0.2) is 0 Å². The summed E-state index contributed by atoms with van der Waals surface area (Å²) in [6.07, 6.45) is 2.97. The zero-order valence-corrected chi connectivity index (χ0v) is 10.2. The lowest BCUT2D eigenvalue weighted by Gasteiger charge is -2.05. The zero-order chi connectivity index (χ0) is 11.5. The van der Waals surface area contributed by atoms with Crippen LogP contribution < -0.4 is 5.32 Å². The molecule has 4 nitrogen and oxygen atoms in total. The van der Waals surface area contributed by atoms with E-state index in [1.807, 2.05) is 22.6 Å². The van der Waals surface area contributed by atoms with E-state index in [0.29, 0.717) is 9.26 Å². The Hall–Kier alpha value is -1.44.